The fourth-order valence-electron chi connectivity index (χ4n) is 10.7. The van der Waals surface area contributed by atoms with Gasteiger partial charge in [0.1, 0.15) is 12.2 Å². The van der Waals surface area contributed by atoms with Crippen LogP contribution < -0.4 is 0 Å². The Kier molecular flexibility index (Phi) is 4.78. The summed E-state index contributed by atoms with van der Waals surface area (Å²) in [5.41, 5.74) is -0.434. The van der Waals surface area contributed by atoms with Crippen molar-refractivity contribution in [2.45, 2.75) is 106 Å². The third-order valence-corrected chi connectivity index (χ3v) is 13.0. The number of allylic oxidation sites excluding steroid dienone is 1. The maximum Gasteiger partial charge on any atom is 0.312 e. The Labute approximate surface area is 216 Å². The van der Waals surface area contributed by atoms with E-state index < -0.39 is 10.8 Å². The SMILES string of the molecule is COC(=O)[C@]12CCC(C)(C)CC1C1C(=O)C=C3[C@@]4(C)[C@H]5O[C@H]5C(=O)C(C)(C)[C@@H]4CC[C@@]3(C)[C@]1(C)CC2. The molecule has 5 nitrogen and oxygen atoms in total. The Hall–Kier alpha value is -1.49. The van der Waals surface area contributed by atoms with Crippen LogP contribution in [0.25, 0.3) is 0 Å². The minimum absolute atomic E-state index is 0.00518. The van der Waals surface area contributed by atoms with Crippen LogP contribution in [0.3, 0.4) is 0 Å². The Balaban J connectivity index is 1.51. The summed E-state index contributed by atoms with van der Waals surface area (Å²) < 4.78 is 11.5. The first-order valence-electron chi connectivity index (χ1n) is 14.1. The molecular formula is C31H44O5. The molecule has 5 aliphatic carbocycles. The van der Waals surface area contributed by atoms with Crippen LogP contribution in [0, 0.1) is 50.2 Å². The molecule has 0 aromatic rings. The fraction of sp³-hybridized carbons (Fsp3) is 0.839. The number of methoxy groups -OCH3 is 1. The lowest BCUT2D eigenvalue weighted by Gasteiger charge is -2.69. The van der Waals surface area contributed by atoms with E-state index in [-0.39, 0.29) is 69.2 Å². The predicted octanol–water partition coefficient (Wildman–Crippen LogP) is 5.70. The molecule has 0 spiro atoms. The number of esters is 1. The second kappa shape index (κ2) is 6.93. The van der Waals surface area contributed by atoms with Gasteiger partial charge in [-0.05, 0) is 79.1 Å². The van der Waals surface area contributed by atoms with Crippen molar-refractivity contribution in [3.8, 4) is 0 Å². The van der Waals surface area contributed by atoms with E-state index >= 15 is 0 Å². The molecule has 5 fully saturated rings. The van der Waals surface area contributed by atoms with Gasteiger partial charge in [-0.25, -0.2) is 0 Å². The summed E-state index contributed by atoms with van der Waals surface area (Å²) in [6, 6.07) is 0. The largest absolute Gasteiger partial charge is 0.469 e. The highest BCUT2D eigenvalue weighted by atomic mass is 16.6. The van der Waals surface area contributed by atoms with Gasteiger partial charge in [0.2, 0.25) is 0 Å². The van der Waals surface area contributed by atoms with Crippen molar-refractivity contribution in [2.75, 3.05) is 7.11 Å². The Bertz CT molecular complexity index is 1100. The third kappa shape index (κ3) is 2.64. The van der Waals surface area contributed by atoms with Crippen LogP contribution in [0.2, 0.25) is 0 Å². The monoisotopic (exact) mass is 496 g/mol. The molecule has 4 saturated carbocycles. The number of ether oxygens (including phenoxy) is 2. The number of hydrogen-bond acceptors (Lipinski definition) is 5. The highest BCUT2D eigenvalue weighted by Crippen LogP contribution is 2.76. The molecule has 36 heavy (non-hydrogen) atoms. The first kappa shape index (κ1) is 24.8. The smallest absolute Gasteiger partial charge is 0.312 e. The van der Waals surface area contributed by atoms with Gasteiger partial charge in [-0.3, -0.25) is 14.4 Å². The van der Waals surface area contributed by atoms with Gasteiger partial charge in [0, 0.05) is 16.7 Å². The Morgan fingerprint density at radius 3 is 2.31 bits per heavy atom. The minimum Gasteiger partial charge on any atom is -0.469 e. The molecule has 198 valence electrons. The van der Waals surface area contributed by atoms with E-state index in [0.29, 0.717) is 0 Å². The average Bonchev–Trinajstić information content (AvgIpc) is 3.60. The van der Waals surface area contributed by atoms with Gasteiger partial charge in [-0.2, -0.15) is 0 Å². The Morgan fingerprint density at radius 1 is 0.972 bits per heavy atom. The summed E-state index contributed by atoms with van der Waals surface area (Å²) in [7, 11) is 1.50. The predicted molar refractivity (Wildman–Crippen MR) is 136 cm³/mol. The van der Waals surface area contributed by atoms with Gasteiger partial charge in [-0.15, -0.1) is 0 Å². The number of epoxide rings is 1. The molecule has 2 unspecified atom stereocenters. The maximum absolute atomic E-state index is 14.4. The summed E-state index contributed by atoms with van der Waals surface area (Å²) in [6.07, 6.45) is 7.77. The van der Waals surface area contributed by atoms with E-state index in [1.807, 2.05) is 6.08 Å². The minimum atomic E-state index is -0.559. The van der Waals surface area contributed by atoms with Crippen molar-refractivity contribution in [3.63, 3.8) is 0 Å². The number of ketones is 2. The topological polar surface area (TPSA) is 73.0 Å². The standard InChI is InChI=1S/C31H44O5/c1-26(2)11-13-31(25(34)35-8)14-12-29(6)21(17(31)16-26)18(32)15-20-28(29,5)10-9-19-27(3,4)23(33)22-24(36-22)30(19,20)7/h15,17,19,21-22,24H,9-14,16H2,1-8H3/t17?,19-,21?,22-,24-,28+,29+,30-,31-/m0/s1. The summed E-state index contributed by atoms with van der Waals surface area (Å²) in [5.74, 6) is 0.280. The van der Waals surface area contributed by atoms with Gasteiger partial charge in [0.15, 0.2) is 11.6 Å². The molecule has 6 rings (SSSR count). The first-order valence-corrected chi connectivity index (χ1v) is 14.1. The number of fused-ring (bicyclic) bond motifs is 9. The highest BCUT2D eigenvalue weighted by Gasteiger charge is 2.76. The summed E-state index contributed by atoms with van der Waals surface area (Å²) >= 11 is 0. The number of rotatable bonds is 1. The molecule has 9 atom stereocenters. The molecule has 1 saturated heterocycles. The molecule has 0 aromatic heterocycles. The normalized spacial score (nSPS) is 52.0. The molecular weight excluding hydrogens is 452 g/mol. The molecule has 1 heterocycles. The summed E-state index contributed by atoms with van der Waals surface area (Å²) in [5, 5.41) is 0. The zero-order valence-corrected chi connectivity index (χ0v) is 23.5. The molecule has 0 radical (unpaired) electrons. The van der Waals surface area contributed by atoms with E-state index in [1.54, 1.807) is 0 Å². The second-order valence-corrected chi connectivity index (χ2v) is 15.2. The molecule has 1 aliphatic heterocycles. The fourth-order valence-corrected chi connectivity index (χ4v) is 10.7. The quantitative estimate of drug-likeness (QED) is 0.344. The van der Waals surface area contributed by atoms with Crippen LogP contribution in [0.15, 0.2) is 11.6 Å². The van der Waals surface area contributed by atoms with Gasteiger partial charge in [0.05, 0.1) is 12.5 Å². The van der Waals surface area contributed by atoms with Crippen molar-refractivity contribution in [1.29, 1.82) is 0 Å². The molecule has 0 bridgehead atoms. The lowest BCUT2D eigenvalue weighted by atomic mass is 9.34. The van der Waals surface area contributed by atoms with E-state index in [4.69, 9.17) is 9.47 Å². The molecule has 0 aromatic carbocycles. The van der Waals surface area contributed by atoms with Crippen molar-refractivity contribution in [2.24, 2.45) is 50.2 Å². The number of carbonyl (C=O) groups excluding carboxylic acids is 3. The number of carbonyl (C=O) groups is 3. The van der Waals surface area contributed by atoms with Crippen LogP contribution in [-0.4, -0.2) is 36.9 Å². The Morgan fingerprint density at radius 2 is 1.64 bits per heavy atom. The van der Waals surface area contributed by atoms with Gasteiger partial charge < -0.3 is 9.47 Å². The lowest BCUT2D eigenvalue weighted by molar-refractivity contribution is -0.192. The van der Waals surface area contributed by atoms with Gasteiger partial charge in [0.25, 0.3) is 0 Å². The van der Waals surface area contributed by atoms with E-state index in [9.17, 15) is 14.4 Å². The zero-order valence-electron chi connectivity index (χ0n) is 23.5. The number of Topliss-reactive ketones (excluding diaryl/α,β-unsaturated/α-hetero) is 1. The molecule has 0 amide bonds. The van der Waals surface area contributed by atoms with Crippen molar-refractivity contribution >= 4 is 17.5 Å². The van der Waals surface area contributed by atoms with Crippen LogP contribution in [-0.2, 0) is 23.9 Å². The lowest BCUT2D eigenvalue weighted by Crippen LogP contribution is -2.67. The van der Waals surface area contributed by atoms with Crippen LogP contribution in [0.5, 0.6) is 0 Å². The maximum atomic E-state index is 14.4. The summed E-state index contributed by atoms with van der Waals surface area (Å²) in [4.78, 5) is 40.9. The first-order chi connectivity index (χ1) is 16.6. The number of hydrogen-bond donors (Lipinski definition) is 0. The van der Waals surface area contributed by atoms with E-state index in [1.165, 1.54) is 12.7 Å². The molecule has 0 N–H and O–H groups in total. The van der Waals surface area contributed by atoms with E-state index in [0.717, 1.165) is 44.9 Å². The highest BCUT2D eigenvalue weighted by molar-refractivity contribution is 5.97. The van der Waals surface area contributed by atoms with Crippen molar-refractivity contribution in [3.05, 3.63) is 11.6 Å². The van der Waals surface area contributed by atoms with Crippen LogP contribution in [0.4, 0.5) is 0 Å². The second-order valence-electron chi connectivity index (χ2n) is 15.2. The van der Waals surface area contributed by atoms with Gasteiger partial charge >= 0.3 is 5.97 Å². The van der Waals surface area contributed by atoms with E-state index in [2.05, 4.69) is 48.5 Å². The third-order valence-electron chi connectivity index (χ3n) is 13.0. The zero-order chi connectivity index (χ0) is 26.3. The van der Waals surface area contributed by atoms with Crippen LogP contribution >= 0.6 is 0 Å². The van der Waals surface area contributed by atoms with Gasteiger partial charge in [-0.1, -0.05) is 54.0 Å². The average molecular weight is 497 g/mol. The van der Waals surface area contributed by atoms with Crippen LogP contribution in [0.1, 0.15) is 93.4 Å². The molecule has 5 heteroatoms. The summed E-state index contributed by atoms with van der Waals surface area (Å²) in [6.45, 7) is 15.8. The van der Waals surface area contributed by atoms with Crippen molar-refractivity contribution in [1.82, 2.24) is 0 Å². The van der Waals surface area contributed by atoms with Crippen molar-refractivity contribution < 1.29 is 23.9 Å². The molecule has 6 aliphatic rings.